The first-order chi connectivity index (χ1) is 6.59. The summed E-state index contributed by atoms with van der Waals surface area (Å²) in [6.45, 7) is 8.98. The molecule has 0 saturated carbocycles. The molecule has 0 heterocycles. The molecule has 0 bridgehead atoms. The highest BCUT2D eigenvalue weighted by molar-refractivity contribution is 5.47. The summed E-state index contributed by atoms with van der Waals surface area (Å²) in [4.78, 5) is 0. The van der Waals surface area contributed by atoms with E-state index in [1.54, 1.807) is 5.56 Å². The fraction of sp³-hybridized carbons (Fsp3) is 0.429. The highest BCUT2D eigenvalue weighted by Gasteiger charge is 2.18. The van der Waals surface area contributed by atoms with Crippen LogP contribution < -0.4 is 0 Å². The van der Waals surface area contributed by atoms with Crippen LogP contribution in [0.5, 0.6) is 0 Å². The zero-order chi connectivity index (χ0) is 10.3. The third kappa shape index (κ3) is 1.39. The molecule has 2 rings (SSSR count). The lowest BCUT2D eigenvalue weighted by atomic mass is 9.81. The highest BCUT2D eigenvalue weighted by atomic mass is 14.2. The van der Waals surface area contributed by atoms with Gasteiger partial charge in [0, 0.05) is 5.92 Å². The lowest BCUT2D eigenvalue weighted by molar-refractivity contribution is 0.831. The summed E-state index contributed by atoms with van der Waals surface area (Å²) < 4.78 is 0. The van der Waals surface area contributed by atoms with Crippen LogP contribution >= 0.6 is 0 Å². The van der Waals surface area contributed by atoms with Crippen LogP contribution in [-0.2, 0) is 6.42 Å². The van der Waals surface area contributed by atoms with Gasteiger partial charge >= 0.3 is 0 Å². The Kier molecular flexibility index (Phi) is 2.22. The van der Waals surface area contributed by atoms with Gasteiger partial charge in [-0.15, -0.1) is 0 Å². The Morgan fingerprint density at radius 1 is 1.14 bits per heavy atom. The van der Waals surface area contributed by atoms with E-state index < -0.39 is 0 Å². The predicted molar refractivity (Wildman–Crippen MR) is 61.8 cm³/mol. The van der Waals surface area contributed by atoms with Crippen LogP contribution in [0.4, 0.5) is 0 Å². The minimum atomic E-state index is 0.611. The van der Waals surface area contributed by atoms with Gasteiger partial charge in [-0.3, -0.25) is 0 Å². The van der Waals surface area contributed by atoms with Gasteiger partial charge in [0.15, 0.2) is 0 Å². The Labute approximate surface area is 86.7 Å². The van der Waals surface area contributed by atoms with Crippen molar-refractivity contribution < 1.29 is 0 Å². The Bertz CT molecular complexity index is 397. The van der Waals surface area contributed by atoms with Gasteiger partial charge in [0.1, 0.15) is 0 Å². The van der Waals surface area contributed by atoms with E-state index in [9.17, 15) is 0 Å². The molecule has 0 radical (unpaired) electrons. The maximum Gasteiger partial charge on any atom is 0.00226 e. The molecule has 1 aliphatic rings. The quantitative estimate of drug-likeness (QED) is 0.539. The van der Waals surface area contributed by atoms with Crippen molar-refractivity contribution in [2.24, 2.45) is 0 Å². The number of hydrogen-bond acceptors (Lipinski definition) is 0. The molecule has 0 amide bonds. The van der Waals surface area contributed by atoms with E-state index in [1.807, 2.05) is 0 Å². The van der Waals surface area contributed by atoms with E-state index in [1.165, 1.54) is 22.3 Å². The molecule has 0 aromatic heterocycles. The number of hydrogen-bond donors (Lipinski definition) is 0. The maximum absolute atomic E-state index is 2.37. The first-order valence-electron chi connectivity index (χ1n) is 5.36. The third-order valence-corrected chi connectivity index (χ3v) is 3.38. The van der Waals surface area contributed by atoms with Crippen molar-refractivity contribution in [3.05, 3.63) is 46.0 Å². The molecule has 0 saturated heterocycles. The molecule has 1 aromatic rings. The van der Waals surface area contributed by atoms with Gasteiger partial charge < -0.3 is 0 Å². The van der Waals surface area contributed by atoms with Crippen LogP contribution in [-0.4, -0.2) is 0 Å². The van der Waals surface area contributed by atoms with Gasteiger partial charge in [0.05, 0.1) is 0 Å². The molecule has 0 heteroatoms. The monoisotopic (exact) mass is 186 g/mol. The minimum Gasteiger partial charge on any atom is -0.0806 e. The van der Waals surface area contributed by atoms with E-state index >= 15 is 0 Å². The molecule has 74 valence electrons. The van der Waals surface area contributed by atoms with E-state index in [0.717, 1.165) is 6.42 Å². The van der Waals surface area contributed by atoms with Crippen molar-refractivity contribution in [3.63, 3.8) is 0 Å². The minimum absolute atomic E-state index is 0.611. The predicted octanol–water partition coefficient (Wildman–Crippen LogP) is 3.91. The molecule has 1 unspecified atom stereocenters. The standard InChI is InChI=1S/C14H18/c1-9-7-11(3)14-12(4)10(2)5-6-13(14)8-9/h5,7-8,12H,6H2,1-4H3. The summed E-state index contributed by atoms with van der Waals surface area (Å²) in [5.41, 5.74) is 7.46. The largest absolute Gasteiger partial charge is 0.0806 e. The van der Waals surface area contributed by atoms with E-state index in [4.69, 9.17) is 0 Å². The number of benzene rings is 1. The van der Waals surface area contributed by atoms with Gasteiger partial charge in [-0.2, -0.15) is 0 Å². The maximum atomic E-state index is 2.37. The van der Waals surface area contributed by atoms with Crippen molar-refractivity contribution in [2.45, 2.75) is 40.0 Å². The molecule has 14 heavy (non-hydrogen) atoms. The number of fused-ring (bicyclic) bond motifs is 1. The molecule has 1 atom stereocenters. The molecule has 0 aliphatic heterocycles. The lowest BCUT2D eigenvalue weighted by Gasteiger charge is -2.24. The molecular formula is C14H18. The molecular weight excluding hydrogens is 168 g/mol. The number of allylic oxidation sites excluding steroid dienone is 2. The first kappa shape index (κ1) is 9.51. The Balaban J connectivity index is 2.60. The SMILES string of the molecule is CC1=CCc2cc(C)cc(C)c2C1C. The van der Waals surface area contributed by atoms with E-state index in [2.05, 4.69) is 45.9 Å². The van der Waals surface area contributed by atoms with Crippen molar-refractivity contribution in [2.75, 3.05) is 0 Å². The van der Waals surface area contributed by atoms with Crippen LogP contribution in [0, 0.1) is 13.8 Å². The van der Waals surface area contributed by atoms with Crippen molar-refractivity contribution in [3.8, 4) is 0 Å². The molecule has 1 aromatic carbocycles. The second-order valence-corrected chi connectivity index (χ2v) is 4.53. The van der Waals surface area contributed by atoms with E-state index in [-0.39, 0.29) is 0 Å². The van der Waals surface area contributed by atoms with Crippen LogP contribution in [0.1, 0.15) is 42.0 Å². The molecule has 0 N–H and O–H groups in total. The molecule has 0 spiro atoms. The van der Waals surface area contributed by atoms with Crippen LogP contribution in [0.3, 0.4) is 0 Å². The summed E-state index contributed by atoms with van der Waals surface area (Å²) in [6, 6.07) is 4.63. The smallest absolute Gasteiger partial charge is 0.00226 e. The van der Waals surface area contributed by atoms with Gasteiger partial charge in [-0.1, -0.05) is 36.3 Å². The van der Waals surface area contributed by atoms with Crippen molar-refractivity contribution >= 4 is 0 Å². The van der Waals surface area contributed by atoms with E-state index in [0.29, 0.717) is 5.92 Å². The zero-order valence-electron chi connectivity index (χ0n) is 9.52. The average molecular weight is 186 g/mol. The zero-order valence-corrected chi connectivity index (χ0v) is 9.52. The van der Waals surface area contributed by atoms with Crippen LogP contribution in [0.2, 0.25) is 0 Å². The lowest BCUT2D eigenvalue weighted by Crippen LogP contribution is -2.08. The normalized spacial score (nSPS) is 20.3. The summed E-state index contributed by atoms with van der Waals surface area (Å²) in [5.74, 6) is 0.611. The van der Waals surface area contributed by atoms with Crippen LogP contribution in [0.25, 0.3) is 0 Å². The Morgan fingerprint density at radius 2 is 1.86 bits per heavy atom. The van der Waals surface area contributed by atoms with Crippen molar-refractivity contribution in [1.29, 1.82) is 0 Å². The van der Waals surface area contributed by atoms with Crippen molar-refractivity contribution in [1.82, 2.24) is 0 Å². The second kappa shape index (κ2) is 3.27. The summed E-state index contributed by atoms with van der Waals surface area (Å²) in [6.07, 6.45) is 3.49. The van der Waals surface area contributed by atoms with Gasteiger partial charge in [-0.05, 0) is 43.9 Å². The average Bonchev–Trinajstić information content (AvgIpc) is 2.10. The van der Waals surface area contributed by atoms with Gasteiger partial charge in [-0.25, -0.2) is 0 Å². The fourth-order valence-electron chi connectivity index (χ4n) is 2.53. The van der Waals surface area contributed by atoms with Crippen LogP contribution in [0.15, 0.2) is 23.8 Å². The topological polar surface area (TPSA) is 0 Å². The molecule has 0 fully saturated rings. The third-order valence-electron chi connectivity index (χ3n) is 3.38. The highest BCUT2D eigenvalue weighted by Crippen LogP contribution is 2.34. The number of rotatable bonds is 0. The van der Waals surface area contributed by atoms with Gasteiger partial charge in [0.25, 0.3) is 0 Å². The Morgan fingerprint density at radius 3 is 2.57 bits per heavy atom. The summed E-state index contributed by atoms with van der Waals surface area (Å²) >= 11 is 0. The number of aryl methyl sites for hydroxylation is 2. The fourth-order valence-corrected chi connectivity index (χ4v) is 2.53. The van der Waals surface area contributed by atoms with Gasteiger partial charge in [0.2, 0.25) is 0 Å². The first-order valence-corrected chi connectivity index (χ1v) is 5.36. The molecule has 1 aliphatic carbocycles. The molecule has 0 nitrogen and oxygen atoms in total. The summed E-state index contributed by atoms with van der Waals surface area (Å²) in [5, 5.41) is 0. The second-order valence-electron chi connectivity index (χ2n) is 4.53. The summed E-state index contributed by atoms with van der Waals surface area (Å²) in [7, 11) is 0. The Hall–Kier alpha value is -1.04.